The Hall–Kier alpha value is -0.610. The van der Waals surface area contributed by atoms with Gasteiger partial charge in [0.1, 0.15) is 0 Å². The van der Waals surface area contributed by atoms with Crippen molar-refractivity contribution in [3.8, 4) is 0 Å². The van der Waals surface area contributed by atoms with Crippen LogP contribution in [0.4, 0.5) is 0 Å². The van der Waals surface area contributed by atoms with E-state index in [1.165, 1.54) is 0 Å². The molecule has 0 spiro atoms. The van der Waals surface area contributed by atoms with Gasteiger partial charge in [-0.15, -0.1) is 0 Å². The molecule has 1 aliphatic rings. The van der Waals surface area contributed by atoms with E-state index in [9.17, 15) is 4.79 Å². The summed E-state index contributed by atoms with van der Waals surface area (Å²) in [5, 5.41) is 6.33. The lowest BCUT2D eigenvalue weighted by Crippen LogP contribution is -2.37. The first-order valence-electron chi connectivity index (χ1n) is 6.77. The topological polar surface area (TPSA) is 44.4 Å². The number of rotatable bonds is 6. The normalized spacial score (nSPS) is 17.7. The van der Waals surface area contributed by atoms with Crippen molar-refractivity contribution in [2.75, 3.05) is 33.2 Å². The van der Waals surface area contributed by atoms with E-state index in [1.54, 1.807) is 0 Å². The molecule has 0 saturated carbocycles. The minimum absolute atomic E-state index is 0.217. The highest BCUT2D eigenvalue weighted by molar-refractivity contribution is 5.76. The van der Waals surface area contributed by atoms with E-state index < -0.39 is 0 Å². The Bertz CT molecular complexity index is 225. The molecule has 0 aromatic heterocycles. The number of carbonyl (C=O) groups excluding carboxylic acids is 1. The average Bonchev–Trinajstić information content (AvgIpc) is 2.30. The summed E-state index contributed by atoms with van der Waals surface area (Å²) in [6.07, 6.45) is 2.98. The molecule has 4 nitrogen and oxygen atoms in total. The molecule has 1 aliphatic heterocycles. The first kappa shape index (κ1) is 14.5. The Balaban J connectivity index is 2.08. The van der Waals surface area contributed by atoms with Crippen LogP contribution < -0.4 is 10.6 Å². The van der Waals surface area contributed by atoms with E-state index in [1.807, 2.05) is 0 Å². The highest BCUT2D eigenvalue weighted by atomic mass is 16.1. The number of hydrogen-bond donors (Lipinski definition) is 2. The molecule has 1 rings (SSSR count). The Labute approximate surface area is 105 Å². The number of carbonyl (C=O) groups is 1. The van der Waals surface area contributed by atoms with Crippen LogP contribution >= 0.6 is 0 Å². The minimum Gasteiger partial charge on any atom is -0.355 e. The van der Waals surface area contributed by atoms with Gasteiger partial charge in [-0.1, -0.05) is 0 Å². The number of nitrogens with zero attached hydrogens (tertiary/aromatic N) is 1. The van der Waals surface area contributed by atoms with Crippen molar-refractivity contribution in [1.29, 1.82) is 0 Å². The molecule has 0 aromatic rings. The summed E-state index contributed by atoms with van der Waals surface area (Å²) in [4.78, 5) is 14.0. The van der Waals surface area contributed by atoms with Gasteiger partial charge in [0.05, 0.1) is 0 Å². The molecule has 100 valence electrons. The lowest BCUT2D eigenvalue weighted by molar-refractivity contribution is -0.122. The Morgan fingerprint density at radius 1 is 1.41 bits per heavy atom. The van der Waals surface area contributed by atoms with Crippen LogP contribution in [-0.2, 0) is 4.79 Å². The number of likely N-dealkylation sites (N-methyl/N-ethyl adjacent to an activating group) is 1. The smallest absolute Gasteiger partial charge is 0.220 e. The van der Waals surface area contributed by atoms with E-state index in [2.05, 4.69) is 36.4 Å². The van der Waals surface area contributed by atoms with Gasteiger partial charge < -0.3 is 15.5 Å². The van der Waals surface area contributed by atoms with Crippen molar-refractivity contribution >= 4 is 5.91 Å². The first-order valence-corrected chi connectivity index (χ1v) is 6.77. The highest BCUT2D eigenvalue weighted by Gasteiger charge is 2.16. The first-order chi connectivity index (χ1) is 8.09. The molecule has 17 heavy (non-hydrogen) atoms. The van der Waals surface area contributed by atoms with E-state index in [-0.39, 0.29) is 5.91 Å². The lowest BCUT2D eigenvalue weighted by Gasteiger charge is -2.23. The van der Waals surface area contributed by atoms with Crippen LogP contribution in [0.15, 0.2) is 0 Å². The second-order valence-corrected chi connectivity index (χ2v) is 5.32. The third kappa shape index (κ3) is 6.03. The summed E-state index contributed by atoms with van der Waals surface area (Å²) < 4.78 is 0. The largest absolute Gasteiger partial charge is 0.355 e. The molecule has 0 atom stereocenters. The lowest BCUT2D eigenvalue weighted by atomic mass is 9.94. The maximum Gasteiger partial charge on any atom is 0.220 e. The zero-order valence-electron chi connectivity index (χ0n) is 11.5. The fourth-order valence-electron chi connectivity index (χ4n) is 2.05. The van der Waals surface area contributed by atoms with Crippen molar-refractivity contribution in [2.24, 2.45) is 5.92 Å². The van der Waals surface area contributed by atoms with Gasteiger partial charge in [-0.2, -0.15) is 0 Å². The van der Waals surface area contributed by atoms with Crippen LogP contribution in [0.2, 0.25) is 0 Å². The minimum atomic E-state index is 0.217. The van der Waals surface area contributed by atoms with Crippen molar-refractivity contribution in [3.63, 3.8) is 0 Å². The maximum absolute atomic E-state index is 11.7. The summed E-state index contributed by atoms with van der Waals surface area (Å²) >= 11 is 0. The summed E-state index contributed by atoms with van der Waals surface area (Å²) in [6.45, 7) is 8.14. The second-order valence-electron chi connectivity index (χ2n) is 5.32. The Kier molecular flexibility index (Phi) is 6.52. The number of hydrogen-bond acceptors (Lipinski definition) is 3. The van der Waals surface area contributed by atoms with E-state index in [4.69, 9.17) is 0 Å². The summed E-state index contributed by atoms with van der Waals surface area (Å²) in [5.41, 5.74) is 0. The number of nitrogens with one attached hydrogen (secondary N) is 2. The average molecular weight is 241 g/mol. The fraction of sp³-hybridized carbons (Fsp3) is 0.923. The van der Waals surface area contributed by atoms with Crippen molar-refractivity contribution in [1.82, 2.24) is 15.5 Å². The van der Waals surface area contributed by atoms with Crippen molar-refractivity contribution in [2.45, 2.75) is 39.2 Å². The third-order valence-electron chi connectivity index (χ3n) is 3.60. The predicted molar refractivity (Wildman–Crippen MR) is 71.0 cm³/mol. The van der Waals surface area contributed by atoms with Crippen LogP contribution in [0.25, 0.3) is 0 Å². The molecule has 0 radical (unpaired) electrons. The maximum atomic E-state index is 11.7. The van der Waals surface area contributed by atoms with Gasteiger partial charge >= 0.3 is 0 Å². The number of amides is 1. The molecule has 0 bridgehead atoms. The van der Waals surface area contributed by atoms with E-state index in [0.717, 1.165) is 39.0 Å². The van der Waals surface area contributed by atoms with Gasteiger partial charge in [0, 0.05) is 25.6 Å². The summed E-state index contributed by atoms with van der Waals surface area (Å²) in [7, 11) is 2.09. The molecule has 2 N–H and O–H groups in total. The van der Waals surface area contributed by atoms with Gasteiger partial charge in [0.15, 0.2) is 0 Å². The molecule has 1 amide bonds. The molecule has 0 unspecified atom stereocenters. The Morgan fingerprint density at radius 3 is 2.65 bits per heavy atom. The van der Waals surface area contributed by atoms with E-state index >= 15 is 0 Å². The van der Waals surface area contributed by atoms with Crippen LogP contribution in [0, 0.1) is 5.92 Å². The molecule has 0 aliphatic carbocycles. The SMILES string of the molecule is CC(C)N(C)CCNC(=O)CC1CCNCC1. The van der Waals surface area contributed by atoms with Gasteiger partial charge in [-0.3, -0.25) is 4.79 Å². The highest BCUT2D eigenvalue weighted by Crippen LogP contribution is 2.15. The quantitative estimate of drug-likeness (QED) is 0.724. The zero-order chi connectivity index (χ0) is 12.7. The molecule has 4 heteroatoms. The van der Waals surface area contributed by atoms with Gasteiger partial charge in [-0.25, -0.2) is 0 Å². The molecule has 1 heterocycles. The molecule has 1 saturated heterocycles. The summed E-state index contributed by atoms with van der Waals surface area (Å²) in [6, 6.07) is 0.538. The van der Waals surface area contributed by atoms with Crippen LogP contribution in [0.5, 0.6) is 0 Å². The molecule has 1 fully saturated rings. The predicted octanol–water partition coefficient (Wildman–Crippen LogP) is 0.833. The fourth-order valence-corrected chi connectivity index (χ4v) is 2.05. The molecule has 0 aromatic carbocycles. The van der Waals surface area contributed by atoms with Gasteiger partial charge in [0.25, 0.3) is 0 Å². The van der Waals surface area contributed by atoms with Crippen LogP contribution in [0.1, 0.15) is 33.1 Å². The van der Waals surface area contributed by atoms with Crippen molar-refractivity contribution < 1.29 is 4.79 Å². The van der Waals surface area contributed by atoms with Gasteiger partial charge in [0.2, 0.25) is 5.91 Å². The van der Waals surface area contributed by atoms with Crippen LogP contribution in [0.3, 0.4) is 0 Å². The Morgan fingerprint density at radius 2 is 2.06 bits per heavy atom. The monoisotopic (exact) mass is 241 g/mol. The van der Waals surface area contributed by atoms with E-state index in [0.29, 0.717) is 18.4 Å². The zero-order valence-corrected chi connectivity index (χ0v) is 11.5. The van der Waals surface area contributed by atoms with Crippen molar-refractivity contribution in [3.05, 3.63) is 0 Å². The standard InChI is InChI=1S/C13H27N3O/c1-11(2)16(3)9-8-15-13(17)10-12-4-6-14-7-5-12/h11-12,14H,4-10H2,1-3H3,(H,15,17). The molecular weight excluding hydrogens is 214 g/mol. The van der Waals surface area contributed by atoms with Crippen LogP contribution in [-0.4, -0.2) is 50.1 Å². The van der Waals surface area contributed by atoms with Gasteiger partial charge in [-0.05, 0) is 52.7 Å². The molecular formula is C13H27N3O. The second kappa shape index (κ2) is 7.67. The third-order valence-corrected chi connectivity index (χ3v) is 3.60. The summed E-state index contributed by atoms with van der Waals surface area (Å²) in [5.74, 6) is 0.799. The number of piperidine rings is 1.